The molecule has 2 saturated carbocycles. The lowest BCUT2D eigenvalue weighted by Gasteiger charge is -2.13. The van der Waals surface area contributed by atoms with Crippen LogP contribution in [0.15, 0.2) is 47.1 Å². The molecule has 0 aliphatic heterocycles. The molecule has 2 amide bonds. The number of allylic oxidation sites excluding steroid dienone is 2. The van der Waals surface area contributed by atoms with Gasteiger partial charge in [-0.25, -0.2) is 10.2 Å². The second-order valence-corrected chi connectivity index (χ2v) is 7.43. The fraction of sp³-hybridized carbons (Fsp3) is 0.476. The highest BCUT2D eigenvalue weighted by molar-refractivity contribution is 5.89. The first kappa shape index (κ1) is 19.1. The molecule has 144 valence electrons. The molecule has 2 aliphatic carbocycles. The molecule has 6 heteroatoms. The molecule has 6 nitrogen and oxygen atoms in total. The Labute approximate surface area is 159 Å². The number of carbonyl (C=O) groups is 2. The number of rotatable bonds is 7. The molecule has 27 heavy (non-hydrogen) atoms. The molecule has 0 radical (unpaired) electrons. The maximum absolute atomic E-state index is 11.9. The third kappa shape index (κ3) is 5.67. The van der Waals surface area contributed by atoms with E-state index in [9.17, 15) is 9.59 Å². The van der Waals surface area contributed by atoms with Crippen molar-refractivity contribution in [2.75, 3.05) is 5.32 Å². The van der Waals surface area contributed by atoms with Crippen LogP contribution in [0, 0.1) is 17.8 Å². The van der Waals surface area contributed by atoms with Gasteiger partial charge in [0.15, 0.2) is 0 Å². The minimum absolute atomic E-state index is 0.239. The zero-order valence-corrected chi connectivity index (χ0v) is 15.4. The number of nitrogens with zero attached hydrogens (tertiary/aromatic N) is 1. The number of hydrogen-bond acceptors (Lipinski definition) is 3. The number of para-hydroxylation sites is 1. The zero-order chi connectivity index (χ0) is 19.1. The van der Waals surface area contributed by atoms with E-state index < -0.39 is 5.97 Å². The Kier molecular flexibility index (Phi) is 6.63. The third-order valence-corrected chi connectivity index (χ3v) is 5.54. The van der Waals surface area contributed by atoms with E-state index in [0.29, 0.717) is 24.2 Å². The maximum atomic E-state index is 11.9. The normalized spacial score (nSPS) is 25.6. The van der Waals surface area contributed by atoms with Gasteiger partial charge in [-0.1, -0.05) is 29.8 Å². The standard InChI is InChI=1S/C21H27N3O3/c25-20(26)9-5-4-6-15-12-16-10-11-17(19(16)13-15)14-22-24-21(27)23-18-7-2-1-3-8-18/h1-3,6-8,14,16-17,19H,4-5,9-13H2,(H,25,26)(H2,23,24,27)/b15-6+,22-14+/t16-,17-,19+/m1/s1. The van der Waals surface area contributed by atoms with Gasteiger partial charge in [0.2, 0.25) is 0 Å². The number of carboxylic acid groups (broad SMARTS) is 1. The van der Waals surface area contributed by atoms with Crippen LogP contribution in [-0.4, -0.2) is 23.3 Å². The van der Waals surface area contributed by atoms with Gasteiger partial charge in [-0.2, -0.15) is 5.10 Å². The first-order valence-corrected chi connectivity index (χ1v) is 9.66. The van der Waals surface area contributed by atoms with E-state index in [4.69, 9.17) is 5.11 Å². The number of anilines is 1. The minimum Gasteiger partial charge on any atom is -0.481 e. The highest BCUT2D eigenvalue weighted by Crippen LogP contribution is 2.49. The summed E-state index contributed by atoms with van der Waals surface area (Å²) in [4.78, 5) is 22.5. The van der Waals surface area contributed by atoms with E-state index in [1.165, 1.54) is 12.0 Å². The predicted molar refractivity (Wildman–Crippen MR) is 106 cm³/mol. The number of hydrazone groups is 1. The molecule has 2 aliphatic rings. The summed E-state index contributed by atoms with van der Waals surface area (Å²) in [5.41, 5.74) is 4.75. The van der Waals surface area contributed by atoms with E-state index >= 15 is 0 Å². The number of carbonyl (C=O) groups excluding carboxylic acids is 1. The van der Waals surface area contributed by atoms with Crippen molar-refractivity contribution < 1.29 is 14.7 Å². The van der Waals surface area contributed by atoms with Gasteiger partial charge in [0.25, 0.3) is 0 Å². The van der Waals surface area contributed by atoms with Gasteiger partial charge in [0.05, 0.1) is 0 Å². The average molecular weight is 369 g/mol. The second-order valence-electron chi connectivity index (χ2n) is 7.43. The molecule has 1 aromatic carbocycles. The predicted octanol–water partition coefficient (Wildman–Crippen LogP) is 4.41. The van der Waals surface area contributed by atoms with Crippen molar-refractivity contribution in [3.8, 4) is 0 Å². The summed E-state index contributed by atoms with van der Waals surface area (Å²) in [6, 6.07) is 8.95. The first-order chi connectivity index (χ1) is 13.1. The quantitative estimate of drug-likeness (QED) is 0.288. The Hall–Kier alpha value is -2.63. The molecule has 0 aromatic heterocycles. The molecule has 0 saturated heterocycles. The van der Waals surface area contributed by atoms with Crippen LogP contribution in [0.3, 0.4) is 0 Å². The van der Waals surface area contributed by atoms with Crippen molar-refractivity contribution in [3.63, 3.8) is 0 Å². The smallest absolute Gasteiger partial charge is 0.339 e. The Morgan fingerprint density at radius 2 is 2.00 bits per heavy atom. The minimum atomic E-state index is -0.725. The summed E-state index contributed by atoms with van der Waals surface area (Å²) >= 11 is 0. The summed E-state index contributed by atoms with van der Waals surface area (Å²) in [7, 11) is 0. The lowest BCUT2D eigenvalue weighted by atomic mass is 9.93. The first-order valence-electron chi connectivity index (χ1n) is 9.66. The zero-order valence-electron chi connectivity index (χ0n) is 15.4. The van der Waals surface area contributed by atoms with Crippen LogP contribution in [0.5, 0.6) is 0 Å². The summed E-state index contributed by atoms with van der Waals surface area (Å²) in [6.45, 7) is 0. The van der Waals surface area contributed by atoms with Gasteiger partial charge in [-0.15, -0.1) is 0 Å². The molecule has 0 unspecified atom stereocenters. The summed E-state index contributed by atoms with van der Waals surface area (Å²) < 4.78 is 0. The Morgan fingerprint density at radius 1 is 1.19 bits per heavy atom. The Balaban J connectivity index is 1.43. The van der Waals surface area contributed by atoms with E-state index in [2.05, 4.69) is 21.9 Å². The molecular formula is C21H27N3O3. The van der Waals surface area contributed by atoms with Crippen molar-refractivity contribution >= 4 is 23.9 Å². The van der Waals surface area contributed by atoms with Crippen LogP contribution >= 0.6 is 0 Å². The number of nitrogens with one attached hydrogen (secondary N) is 2. The number of aliphatic carboxylic acids is 1. The third-order valence-electron chi connectivity index (χ3n) is 5.54. The lowest BCUT2D eigenvalue weighted by Crippen LogP contribution is -2.25. The molecule has 2 fully saturated rings. The fourth-order valence-corrected chi connectivity index (χ4v) is 4.26. The largest absolute Gasteiger partial charge is 0.481 e. The summed E-state index contributed by atoms with van der Waals surface area (Å²) in [6.07, 6.45) is 10.4. The van der Waals surface area contributed by atoms with Crippen molar-refractivity contribution in [1.82, 2.24) is 5.43 Å². The van der Waals surface area contributed by atoms with Gasteiger partial charge in [0, 0.05) is 18.3 Å². The number of unbranched alkanes of at least 4 members (excludes halogenated alkanes) is 1. The summed E-state index contributed by atoms with van der Waals surface area (Å²) in [5, 5.41) is 15.6. The monoisotopic (exact) mass is 369 g/mol. The highest BCUT2D eigenvalue weighted by atomic mass is 16.4. The van der Waals surface area contributed by atoms with Gasteiger partial charge in [-0.05, 0) is 68.4 Å². The number of hydrogen-bond donors (Lipinski definition) is 3. The van der Waals surface area contributed by atoms with Gasteiger partial charge in [-0.3, -0.25) is 4.79 Å². The highest BCUT2D eigenvalue weighted by Gasteiger charge is 2.40. The van der Waals surface area contributed by atoms with E-state index in [1.54, 1.807) is 0 Å². The van der Waals surface area contributed by atoms with Crippen LogP contribution in [0.4, 0.5) is 10.5 Å². The maximum Gasteiger partial charge on any atom is 0.339 e. The number of carboxylic acids is 1. The van der Waals surface area contributed by atoms with Crippen molar-refractivity contribution in [2.45, 2.75) is 44.9 Å². The molecule has 3 N–H and O–H groups in total. The van der Waals surface area contributed by atoms with E-state index in [-0.39, 0.29) is 12.5 Å². The molecular weight excluding hydrogens is 342 g/mol. The van der Waals surface area contributed by atoms with Gasteiger partial charge >= 0.3 is 12.0 Å². The number of fused-ring (bicyclic) bond motifs is 1. The molecule has 1 aromatic rings. The summed E-state index contributed by atoms with van der Waals surface area (Å²) in [5.74, 6) is 0.970. The average Bonchev–Trinajstić information content (AvgIpc) is 3.21. The van der Waals surface area contributed by atoms with E-state index in [0.717, 1.165) is 31.4 Å². The van der Waals surface area contributed by atoms with Crippen molar-refractivity contribution in [1.29, 1.82) is 0 Å². The van der Waals surface area contributed by atoms with Gasteiger partial charge < -0.3 is 10.4 Å². The van der Waals surface area contributed by atoms with Crippen LogP contribution < -0.4 is 10.7 Å². The van der Waals surface area contributed by atoms with Crippen LogP contribution in [0.1, 0.15) is 44.9 Å². The SMILES string of the molecule is O=C(O)CCC/C=C1\C[C@H]2CC[C@H](/C=N/NC(=O)Nc3ccccc3)[C@H]2C1. The number of benzene rings is 1. The molecule has 0 heterocycles. The van der Waals surface area contributed by atoms with E-state index in [1.807, 2.05) is 36.5 Å². The molecule has 3 atom stereocenters. The Bertz CT molecular complexity index is 715. The van der Waals surface area contributed by atoms with Crippen LogP contribution in [0.25, 0.3) is 0 Å². The second kappa shape index (κ2) is 9.35. The van der Waals surface area contributed by atoms with Crippen LogP contribution in [0.2, 0.25) is 0 Å². The number of urea groups is 1. The van der Waals surface area contributed by atoms with Crippen molar-refractivity contribution in [2.24, 2.45) is 22.9 Å². The lowest BCUT2D eigenvalue weighted by molar-refractivity contribution is -0.137. The van der Waals surface area contributed by atoms with Crippen molar-refractivity contribution in [3.05, 3.63) is 42.0 Å². The topological polar surface area (TPSA) is 90.8 Å². The fourth-order valence-electron chi connectivity index (χ4n) is 4.26. The number of amides is 2. The van der Waals surface area contributed by atoms with Gasteiger partial charge in [0.1, 0.15) is 0 Å². The molecule has 3 rings (SSSR count). The van der Waals surface area contributed by atoms with Crippen LogP contribution in [-0.2, 0) is 4.79 Å². The molecule has 0 spiro atoms. The Morgan fingerprint density at radius 3 is 2.78 bits per heavy atom. The molecule has 0 bridgehead atoms.